The van der Waals surface area contributed by atoms with Crippen molar-refractivity contribution in [2.45, 2.75) is 0 Å². The van der Waals surface area contributed by atoms with E-state index in [1.165, 1.54) is 0 Å². The molecule has 78 valence electrons. The Labute approximate surface area is 96.0 Å². The molecule has 2 rings (SSSR count). The number of hydrogen-bond acceptors (Lipinski definition) is 1. The van der Waals surface area contributed by atoms with Gasteiger partial charge in [-0.2, -0.15) is 0 Å². The van der Waals surface area contributed by atoms with Crippen LogP contribution in [0, 0.1) is 0 Å². The summed E-state index contributed by atoms with van der Waals surface area (Å²) < 4.78 is 18.1. The third-order valence-electron chi connectivity index (χ3n) is 2.16. The molecule has 0 heterocycles. The van der Waals surface area contributed by atoms with E-state index in [2.05, 4.69) is 15.9 Å². The van der Waals surface area contributed by atoms with Crippen LogP contribution in [0.1, 0.15) is 0 Å². The number of hydrogen-bond donors (Lipinski definition) is 0. The second kappa shape index (κ2) is 4.62. The van der Waals surface area contributed by atoms with Gasteiger partial charge in [-0.25, -0.2) is 4.39 Å². The van der Waals surface area contributed by atoms with Crippen molar-refractivity contribution in [1.29, 1.82) is 0 Å². The molecule has 0 atom stereocenters. The Morgan fingerprint density at radius 2 is 1.93 bits per heavy atom. The lowest BCUT2D eigenvalue weighted by atomic mass is 10.1. The Hall–Kier alpha value is -1.09. The zero-order chi connectivity index (χ0) is 10.7. The Morgan fingerprint density at radius 3 is 2.73 bits per heavy atom. The molecule has 3 heteroatoms. The molecule has 0 saturated carbocycles. The molecule has 0 fully saturated rings. The molecule has 0 bridgehead atoms. The third kappa shape index (κ3) is 2.12. The average molecular weight is 269 g/mol. The predicted octanol–water partition coefficient (Wildman–Crippen LogP) is 3.95. The van der Waals surface area contributed by atoms with Crippen molar-refractivity contribution < 1.29 is 9.13 Å². The maximum Gasteiger partial charge on any atom is 0.134 e. The van der Waals surface area contributed by atoms with Gasteiger partial charge in [0.05, 0.1) is 4.47 Å². The molecule has 0 aromatic heterocycles. The first-order chi connectivity index (χ1) is 7.33. The molecule has 0 amide bonds. The quantitative estimate of drug-likeness (QED) is 0.819. The molecule has 0 radical (unpaired) electrons. The van der Waals surface area contributed by atoms with Crippen LogP contribution in [0.3, 0.4) is 0 Å². The number of ether oxygens (including phenoxy) is 1. The topological polar surface area (TPSA) is 9.23 Å². The van der Waals surface area contributed by atoms with E-state index in [4.69, 9.17) is 4.74 Å². The zero-order valence-electron chi connectivity index (χ0n) is 8.04. The molecule has 0 aliphatic heterocycles. The second-order valence-corrected chi connectivity index (χ2v) is 3.93. The van der Waals surface area contributed by atoms with Gasteiger partial charge in [0.25, 0.3) is 0 Å². The largest absolute Gasteiger partial charge is 0.490 e. The molecule has 2 aromatic carbocycles. The van der Waals surface area contributed by atoms with Crippen LogP contribution < -0.4 is 4.74 Å². The van der Waals surface area contributed by atoms with Crippen LogP contribution in [0.25, 0.3) is 10.8 Å². The molecule has 0 aliphatic rings. The van der Waals surface area contributed by atoms with E-state index in [1.54, 1.807) is 0 Å². The standard InChI is InChI=1S/C12H10BrFO/c13-12-10-4-2-1-3-9(10)5-6-11(12)15-8-7-14/h1-6H,7-8H2. The average Bonchev–Trinajstić information content (AvgIpc) is 2.29. The number of fused-ring (bicyclic) bond motifs is 1. The van der Waals surface area contributed by atoms with E-state index in [-0.39, 0.29) is 6.61 Å². The first-order valence-corrected chi connectivity index (χ1v) is 5.48. The molecule has 1 nitrogen and oxygen atoms in total. The van der Waals surface area contributed by atoms with Gasteiger partial charge < -0.3 is 4.74 Å². The van der Waals surface area contributed by atoms with Gasteiger partial charge in [-0.1, -0.05) is 30.3 Å². The van der Waals surface area contributed by atoms with Crippen LogP contribution in [0.2, 0.25) is 0 Å². The van der Waals surface area contributed by atoms with E-state index < -0.39 is 6.67 Å². The van der Waals surface area contributed by atoms with Gasteiger partial charge in [0.1, 0.15) is 19.0 Å². The maximum atomic E-state index is 12.0. The molecule has 0 saturated heterocycles. The minimum absolute atomic E-state index is 0.0942. The molecule has 2 aromatic rings. The van der Waals surface area contributed by atoms with Gasteiger partial charge >= 0.3 is 0 Å². The Bertz CT molecular complexity index is 470. The number of rotatable bonds is 3. The summed E-state index contributed by atoms with van der Waals surface area (Å²) in [5.41, 5.74) is 0. The predicted molar refractivity (Wildman–Crippen MR) is 63.1 cm³/mol. The van der Waals surface area contributed by atoms with Crippen molar-refractivity contribution in [1.82, 2.24) is 0 Å². The van der Waals surface area contributed by atoms with E-state index in [1.807, 2.05) is 36.4 Å². The highest BCUT2D eigenvalue weighted by atomic mass is 79.9. The minimum Gasteiger partial charge on any atom is -0.490 e. The Kier molecular flexibility index (Phi) is 3.21. The van der Waals surface area contributed by atoms with Crippen molar-refractivity contribution in [2.75, 3.05) is 13.3 Å². The fourth-order valence-electron chi connectivity index (χ4n) is 1.47. The lowest BCUT2D eigenvalue weighted by Crippen LogP contribution is -1.99. The summed E-state index contributed by atoms with van der Waals surface area (Å²) >= 11 is 3.46. The first-order valence-electron chi connectivity index (χ1n) is 4.69. The van der Waals surface area contributed by atoms with Gasteiger partial charge in [-0.15, -0.1) is 0 Å². The number of alkyl halides is 1. The van der Waals surface area contributed by atoms with Crippen LogP contribution in [0.5, 0.6) is 5.75 Å². The maximum absolute atomic E-state index is 12.0. The lowest BCUT2D eigenvalue weighted by Gasteiger charge is -2.08. The second-order valence-electron chi connectivity index (χ2n) is 3.14. The van der Waals surface area contributed by atoms with E-state index in [9.17, 15) is 4.39 Å². The summed E-state index contributed by atoms with van der Waals surface area (Å²) in [4.78, 5) is 0. The Balaban J connectivity index is 2.45. The molecular weight excluding hydrogens is 259 g/mol. The summed E-state index contributed by atoms with van der Waals surface area (Å²) in [6.07, 6.45) is 0. The fourth-order valence-corrected chi connectivity index (χ4v) is 2.08. The summed E-state index contributed by atoms with van der Waals surface area (Å²) in [5, 5.41) is 2.21. The van der Waals surface area contributed by atoms with E-state index >= 15 is 0 Å². The summed E-state index contributed by atoms with van der Waals surface area (Å²) in [7, 11) is 0. The summed E-state index contributed by atoms with van der Waals surface area (Å²) in [6, 6.07) is 11.8. The van der Waals surface area contributed by atoms with Crippen molar-refractivity contribution in [3.63, 3.8) is 0 Å². The number of benzene rings is 2. The fraction of sp³-hybridized carbons (Fsp3) is 0.167. The van der Waals surface area contributed by atoms with Crippen LogP contribution in [-0.4, -0.2) is 13.3 Å². The smallest absolute Gasteiger partial charge is 0.134 e. The third-order valence-corrected chi connectivity index (χ3v) is 2.98. The normalized spacial score (nSPS) is 10.5. The van der Waals surface area contributed by atoms with Crippen molar-refractivity contribution in [2.24, 2.45) is 0 Å². The van der Waals surface area contributed by atoms with Gasteiger partial charge in [0, 0.05) is 0 Å². The molecule has 0 spiro atoms. The van der Waals surface area contributed by atoms with Crippen LogP contribution in [-0.2, 0) is 0 Å². The monoisotopic (exact) mass is 268 g/mol. The highest BCUT2D eigenvalue weighted by molar-refractivity contribution is 9.10. The highest BCUT2D eigenvalue weighted by Crippen LogP contribution is 2.32. The summed E-state index contributed by atoms with van der Waals surface area (Å²) in [5.74, 6) is 0.686. The van der Waals surface area contributed by atoms with E-state index in [0.29, 0.717) is 5.75 Å². The Morgan fingerprint density at radius 1 is 1.13 bits per heavy atom. The lowest BCUT2D eigenvalue weighted by molar-refractivity contribution is 0.272. The molecule has 0 unspecified atom stereocenters. The van der Waals surface area contributed by atoms with Crippen LogP contribution >= 0.6 is 15.9 Å². The van der Waals surface area contributed by atoms with Crippen molar-refractivity contribution in [3.05, 3.63) is 40.9 Å². The minimum atomic E-state index is -0.473. The van der Waals surface area contributed by atoms with Crippen molar-refractivity contribution in [3.8, 4) is 5.75 Å². The van der Waals surface area contributed by atoms with E-state index in [0.717, 1.165) is 15.2 Å². The molecule has 0 aliphatic carbocycles. The van der Waals surface area contributed by atoms with Gasteiger partial charge in [-0.3, -0.25) is 0 Å². The highest BCUT2D eigenvalue weighted by Gasteiger charge is 2.05. The van der Waals surface area contributed by atoms with Crippen molar-refractivity contribution >= 4 is 26.7 Å². The van der Waals surface area contributed by atoms with Gasteiger partial charge in [-0.05, 0) is 32.8 Å². The summed E-state index contributed by atoms with van der Waals surface area (Å²) in [6.45, 7) is -0.379. The zero-order valence-corrected chi connectivity index (χ0v) is 9.63. The first kappa shape index (κ1) is 10.4. The van der Waals surface area contributed by atoms with Gasteiger partial charge in [0.2, 0.25) is 0 Å². The molecule has 0 N–H and O–H groups in total. The molecular formula is C12H10BrFO. The SMILES string of the molecule is FCCOc1ccc2ccccc2c1Br. The molecule has 15 heavy (non-hydrogen) atoms. The van der Waals surface area contributed by atoms with Crippen LogP contribution in [0.4, 0.5) is 4.39 Å². The van der Waals surface area contributed by atoms with Crippen LogP contribution in [0.15, 0.2) is 40.9 Å². The van der Waals surface area contributed by atoms with Gasteiger partial charge in [0.15, 0.2) is 0 Å². The number of halogens is 2.